The van der Waals surface area contributed by atoms with E-state index in [1.54, 1.807) is 20.4 Å². The molecular formula is C22H28ClN5O3. The smallest absolute Gasteiger partial charge is 0.223 e. The minimum atomic E-state index is -0.152. The van der Waals surface area contributed by atoms with Crippen molar-refractivity contribution in [3.05, 3.63) is 28.7 Å². The van der Waals surface area contributed by atoms with Crippen molar-refractivity contribution in [1.29, 1.82) is 0 Å². The lowest BCUT2D eigenvalue weighted by atomic mass is 9.79. The summed E-state index contributed by atoms with van der Waals surface area (Å²) in [6, 6.07) is 1.83. The number of aromatic nitrogens is 3. The lowest BCUT2D eigenvalue weighted by molar-refractivity contribution is 0.0886. The van der Waals surface area contributed by atoms with Gasteiger partial charge in [0.2, 0.25) is 5.95 Å². The van der Waals surface area contributed by atoms with Gasteiger partial charge in [0.1, 0.15) is 11.0 Å². The number of carbonyl (C=O) groups excluding carboxylic acids is 1. The second-order valence-corrected chi connectivity index (χ2v) is 8.64. The topological polar surface area (TPSA) is 103 Å². The fourth-order valence-electron chi connectivity index (χ4n) is 4.72. The number of hydrogen-bond acceptors (Lipinski definition) is 8. The number of ketones is 1. The standard InChI is InChI=1S/C22H28ClN5O3/c1-30-16-9-15(25-10-17(16)31-2)12-28-11-14(8-13-6-4-3-5-7-13)19(29)18-20(23)26-22(24)27-21(18)28/h9-10,13-14H,3-8,11-12H2,1-2H3,(H2,24,26,27). The maximum absolute atomic E-state index is 13.3. The Labute approximate surface area is 187 Å². The van der Waals surface area contributed by atoms with Crippen LogP contribution in [0, 0.1) is 11.8 Å². The molecular weight excluding hydrogens is 418 g/mol. The van der Waals surface area contributed by atoms with E-state index in [1.165, 1.54) is 32.1 Å². The van der Waals surface area contributed by atoms with E-state index in [-0.39, 0.29) is 22.8 Å². The Bertz CT molecular complexity index is 964. The van der Waals surface area contributed by atoms with Gasteiger partial charge in [-0.2, -0.15) is 4.98 Å². The predicted molar refractivity (Wildman–Crippen MR) is 119 cm³/mol. The Morgan fingerprint density at radius 3 is 2.61 bits per heavy atom. The quantitative estimate of drug-likeness (QED) is 0.667. The molecule has 1 saturated carbocycles. The summed E-state index contributed by atoms with van der Waals surface area (Å²) < 4.78 is 10.7. The Morgan fingerprint density at radius 1 is 1.16 bits per heavy atom. The summed E-state index contributed by atoms with van der Waals surface area (Å²) in [5.74, 6) is 2.11. The molecule has 4 rings (SSSR count). The third-order valence-electron chi connectivity index (χ3n) is 6.24. The third-order valence-corrected chi connectivity index (χ3v) is 6.52. The van der Waals surface area contributed by atoms with Crippen molar-refractivity contribution < 1.29 is 14.3 Å². The molecule has 0 aromatic carbocycles. The van der Waals surface area contributed by atoms with Crippen LogP contribution in [0.3, 0.4) is 0 Å². The minimum absolute atomic E-state index is 0.0158. The van der Waals surface area contributed by atoms with Crippen LogP contribution >= 0.6 is 11.6 Å². The lowest BCUT2D eigenvalue weighted by Crippen LogP contribution is -2.41. The Morgan fingerprint density at radius 2 is 1.90 bits per heavy atom. The van der Waals surface area contributed by atoms with Gasteiger partial charge in [0.15, 0.2) is 17.3 Å². The summed E-state index contributed by atoms with van der Waals surface area (Å²) in [4.78, 5) is 28.2. The molecule has 0 radical (unpaired) electrons. The van der Waals surface area contributed by atoms with Crippen LogP contribution in [0.15, 0.2) is 12.3 Å². The molecule has 2 aromatic rings. The van der Waals surface area contributed by atoms with E-state index in [0.717, 1.165) is 12.1 Å². The number of carbonyl (C=O) groups is 1. The number of pyridine rings is 1. The molecule has 2 N–H and O–H groups in total. The zero-order valence-electron chi connectivity index (χ0n) is 17.9. The number of rotatable bonds is 6. The number of methoxy groups -OCH3 is 2. The van der Waals surface area contributed by atoms with E-state index in [4.69, 9.17) is 26.8 Å². The second-order valence-electron chi connectivity index (χ2n) is 8.28. The Hall–Kier alpha value is -2.61. The lowest BCUT2D eigenvalue weighted by Gasteiger charge is -2.36. The molecule has 166 valence electrons. The SMILES string of the molecule is COc1cnc(CN2CC(CC3CCCCC3)C(=O)c3c(Cl)nc(N)nc32)cc1OC. The van der Waals surface area contributed by atoms with E-state index in [2.05, 4.69) is 15.0 Å². The van der Waals surface area contributed by atoms with Gasteiger partial charge >= 0.3 is 0 Å². The van der Waals surface area contributed by atoms with Crippen LogP contribution in [0.4, 0.5) is 11.8 Å². The van der Waals surface area contributed by atoms with Gasteiger partial charge < -0.3 is 20.1 Å². The van der Waals surface area contributed by atoms with Crippen molar-refractivity contribution in [1.82, 2.24) is 15.0 Å². The molecule has 9 heteroatoms. The molecule has 0 spiro atoms. The highest BCUT2D eigenvalue weighted by molar-refractivity contribution is 6.34. The van der Waals surface area contributed by atoms with Crippen molar-refractivity contribution in [2.24, 2.45) is 11.8 Å². The number of nitrogens with zero attached hydrogens (tertiary/aromatic N) is 4. The maximum Gasteiger partial charge on any atom is 0.223 e. The van der Waals surface area contributed by atoms with Crippen molar-refractivity contribution in [3.63, 3.8) is 0 Å². The summed E-state index contributed by atoms with van der Waals surface area (Å²) in [6.07, 6.45) is 8.61. The minimum Gasteiger partial charge on any atom is -0.493 e. The third kappa shape index (κ3) is 4.54. The average molecular weight is 446 g/mol. The fraction of sp³-hybridized carbons (Fsp3) is 0.545. The summed E-state index contributed by atoms with van der Waals surface area (Å²) in [5, 5.41) is 0.117. The van der Waals surface area contributed by atoms with Crippen molar-refractivity contribution >= 4 is 29.2 Å². The van der Waals surface area contributed by atoms with Crippen LogP contribution < -0.4 is 20.1 Å². The van der Waals surface area contributed by atoms with Gasteiger partial charge in [-0.15, -0.1) is 0 Å². The normalized spacial score (nSPS) is 19.3. The van der Waals surface area contributed by atoms with Crippen molar-refractivity contribution in [3.8, 4) is 11.5 Å². The maximum atomic E-state index is 13.3. The number of nitrogen functional groups attached to an aromatic ring is 1. The van der Waals surface area contributed by atoms with Gasteiger partial charge in [-0.3, -0.25) is 9.78 Å². The van der Waals surface area contributed by atoms with Crippen molar-refractivity contribution in [2.45, 2.75) is 45.1 Å². The van der Waals surface area contributed by atoms with Crippen LogP contribution in [0.5, 0.6) is 11.5 Å². The number of halogens is 1. The van der Waals surface area contributed by atoms with E-state index in [1.807, 2.05) is 11.0 Å². The van der Waals surface area contributed by atoms with Crippen LogP contribution in [-0.4, -0.2) is 41.5 Å². The fourth-order valence-corrected chi connectivity index (χ4v) is 4.99. The largest absolute Gasteiger partial charge is 0.493 e. The monoisotopic (exact) mass is 445 g/mol. The first kappa shape index (κ1) is 21.6. The Balaban J connectivity index is 1.65. The average Bonchev–Trinajstić information content (AvgIpc) is 2.77. The first-order valence-electron chi connectivity index (χ1n) is 10.7. The summed E-state index contributed by atoms with van der Waals surface area (Å²) in [7, 11) is 3.16. The van der Waals surface area contributed by atoms with E-state index >= 15 is 0 Å². The van der Waals surface area contributed by atoms with E-state index < -0.39 is 0 Å². The molecule has 8 nitrogen and oxygen atoms in total. The number of fused-ring (bicyclic) bond motifs is 1. The van der Waals surface area contributed by atoms with Gasteiger partial charge in [0.05, 0.1) is 38.2 Å². The van der Waals surface area contributed by atoms with E-state index in [0.29, 0.717) is 41.9 Å². The molecule has 1 aliphatic carbocycles. The number of hydrogen-bond donors (Lipinski definition) is 1. The van der Waals surface area contributed by atoms with Crippen LogP contribution in [-0.2, 0) is 6.54 Å². The summed E-state index contributed by atoms with van der Waals surface area (Å²) in [6.45, 7) is 0.986. The Kier molecular flexibility index (Phi) is 6.46. The number of nitrogens with two attached hydrogens (primary N) is 1. The van der Waals surface area contributed by atoms with Gasteiger partial charge in [-0.05, 0) is 12.3 Å². The molecule has 1 unspecified atom stereocenters. The summed E-state index contributed by atoms with van der Waals surface area (Å²) >= 11 is 6.38. The van der Waals surface area contributed by atoms with Crippen LogP contribution in [0.2, 0.25) is 5.15 Å². The second kappa shape index (κ2) is 9.26. The molecule has 3 heterocycles. The molecule has 0 bridgehead atoms. The molecule has 0 amide bonds. The van der Waals surface area contributed by atoms with Gasteiger partial charge in [-0.1, -0.05) is 43.7 Å². The van der Waals surface area contributed by atoms with Gasteiger partial charge in [0.25, 0.3) is 0 Å². The zero-order chi connectivity index (χ0) is 22.0. The zero-order valence-corrected chi connectivity index (χ0v) is 18.7. The molecule has 31 heavy (non-hydrogen) atoms. The molecule has 1 aliphatic heterocycles. The van der Waals surface area contributed by atoms with Crippen LogP contribution in [0.25, 0.3) is 0 Å². The number of ether oxygens (including phenoxy) is 2. The first-order chi connectivity index (χ1) is 15.0. The molecule has 1 atom stereocenters. The summed E-state index contributed by atoms with van der Waals surface area (Å²) in [5.41, 5.74) is 6.99. The number of Topliss-reactive ketones (excluding diaryl/α,β-unsaturated/α-hetero) is 1. The highest BCUT2D eigenvalue weighted by Crippen LogP contribution is 2.38. The van der Waals surface area contributed by atoms with Gasteiger partial charge in [0, 0.05) is 18.5 Å². The predicted octanol–water partition coefficient (Wildman–Crippen LogP) is 3.91. The molecule has 1 fully saturated rings. The molecule has 0 saturated heterocycles. The van der Waals surface area contributed by atoms with Gasteiger partial charge in [-0.25, -0.2) is 4.98 Å². The number of anilines is 2. The first-order valence-corrected chi connectivity index (χ1v) is 11.1. The highest BCUT2D eigenvalue weighted by atomic mass is 35.5. The van der Waals surface area contributed by atoms with E-state index in [9.17, 15) is 4.79 Å². The highest BCUT2D eigenvalue weighted by Gasteiger charge is 2.37. The molecule has 2 aliphatic rings. The van der Waals surface area contributed by atoms with Crippen LogP contribution in [0.1, 0.15) is 54.6 Å². The molecule has 2 aromatic heterocycles. The van der Waals surface area contributed by atoms with Crippen molar-refractivity contribution in [2.75, 3.05) is 31.4 Å².